The molecule has 1 saturated heterocycles. The third-order valence-electron chi connectivity index (χ3n) is 2.58. The van der Waals surface area contributed by atoms with E-state index in [1.165, 1.54) is 4.90 Å². The first-order valence-electron chi connectivity index (χ1n) is 5.28. The maximum Gasteiger partial charge on any atom is 0.334 e. The van der Waals surface area contributed by atoms with E-state index in [9.17, 15) is 9.59 Å². The Morgan fingerprint density at radius 2 is 2.24 bits per heavy atom. The molecule has 1 amide bonds. The van der Waals surface area contributed by atoms with Gasteiger partial charge in [-0.2, -0.15) is 0 Å². The number of hydrogen-bond acceptors (Lipinski definition) is 4. The van der Waals surface area contributed by atoms with Gasteiger partial charge in [-0.1, -0.05) is 0 Å². The molecule has 0 aromatic carbocycles. The molecule has 0 aliphatic carbocycles. The van der Waals surface area contributed by atoms with Crippen molar-refractivity contribution in [1.82, 2.24) is 4.90 Å². The van der Waals surface area contributed by atoms with Crippen molar-refractivity contribution in [3.8, 4) is 0 Å². The molecule has 92 valence electrons. The summed E-state index contributed by atoms with van der Waals surface area (Å²) in [7, 11) is 0. The van der Waals surface area contributed by atoms with E-state index in [0.29, 0.717) is 12.3 Å². The molecule has 6 nitrogen and oxygen atoms in total. The van der Waals surface area contributed by atoms with Crippen LogP contribution in [0.1, 0.15) is 16.3 Å². The van der Waals surface area contributed by atoms with E-state index in [1.54, 1.807) is 19.1 Å². The third-order valence-corrected chi connectivity index (χ3v) is 2.58. The Labute approximate surface area is 97.8 Å². The molecule has 0 spiro atoms. The van der Waals surface area contributed by atoms with Crippen LogP contribution < -0.4 is 0 Å². The van der Waals surface area contributed by atoms with Crippen molar-refractivity contribution in [2.45, 2.75) is 13.0 Å². The zero-order chi connectivity index (χ0) is 12.4. The van der Waals surface area contributed by atoms with E-state index in [2.05, 4.69) is 0 Å². The smallest absolute Gasteiger partial charge is 0.334 e. The van der Waals surface area contributed by atoms with Gasteiger partial charge >= 0.3 is 5.97 Å². The van der Waals surface area contributed by atoms with Gasteiger partial charge in [-0.15, -0.1) is 0 Å². The van der Waals surface area contributed by atoms with Gasteiger partial charge in [-0.25, -0.2) is 4.79 Å². The highest BCUT2D eigenvalue weighted by Crippen LogP contribution is 2.13. The molecule has 2 heterocycles. The molecule has 17 heavy (non-hydrogen) atoms. The molecule has 1 atom stereocenters. The van der Waals surface area contributed by atoms with Crippen LogP contribution in [-0.4, -0.2) is 47.7 Å². The number of ether oxygens (including phenoxy) is 1. The van der Waals surface area contributed by atoms with Crippen LogP contribution in [0.5, 0.6) is 0 Å². The van der Waals surface area contributed by atoms with Gasteiger partial charge in [0.2, 0.25) is 0 Å². The van der Waals surface area contributed by atoms with Crippen LogP contribution in [0, 0.1) is 6.92 Å². The largest absolute Gasteiger partial charge is 0.479 e. The number of carbonyl (C=O) groups is 2. The lowest BCUT2D eigenvalue weighted by Crippen LogP contribution is -2.48. The number of nitrogens with zero attached hydrogens (tertiary/aromatic N) is 1. The SMILES string of the molecule is Cc1ccc(C(=O)N2CCO[C@H](C(=O)O)C2)o1. The minimum Gasteiger partial charge on any atom is -0.479 e. The minimum absolute atomic E-state index is 0.0495. The highest BCUT2D eigenvalue weighted by atomic mass is 16.5. The standard InChI is InChI=1S/C11H13NO5/c1-7-2-3-8(17-7)10(13)12-4-5-16-9(6-12)11(14)15/h2-3,9H,4-6H2,1H3,(H,14,15)/t9-/m0/s1. The zero-order valence-corrected chi connectivity index (χ0v) is 9.38. The molecule has 0 unspecified atom stereocenters. The van der Waals surface area contributed by atoms with Crippen LogP contribution in [0.15, 0.2) is 16.5 Å². The average molecular weight is 239 g/mol. The van der Waals surface area contributed by atoms with Crippen LogP contribution in [0.25, 0.3) is 0 Å². The van der Waals surface area contributed by atoms with Gasteiger partial charge in [0.25, 0.3) is 5.91 Å². The van der Waals surface area contributed by atoms with Crippen LogP contribution >= 0.6 is 0 Å². The van der Waals surface area contributed by atoms with Gasteiger partial charge in [0.1, 0.15) is 5.76 Å². The predicted octanol–water partition coefficient (Wildman–Crippen LogP) is 0.514. The molecule has 0 radical (unpaired) electrons. The molecular formula is C11H13NO5. The van der Waals surface area contributed by atoms with Crippen molar-refractivity contribution in [3.05, 3.63) is 23.7 Å². The summed E-state index contributed by atoms with van der Waals surface area (Å²) in [4.78, 5) is 24.2. The van der Waals surface area contributed by atoms with Crippen molar-refractivity contribution >= 4 is 11.9 Å². The normalized spacial score (nSPS) is 20.3. The van der Waals surface area contributed by atoms with E-state index < -0.39 is 12.1 Å². The molecule has 1 aromatic heterocycles. The van der Waals surface area contributed by atoms with E-state index in [0.717, 1.165) is 0 Å². The highest BCUT2D eigenvalue weighted by molar-refractivity contribution is 5.92. The number of morpholine rings is 1. The quantitative estimate of drug-likeness (QED) is 0.813. The molecule has 1 fully saturated rings. The van der Waals surface area contributed by atoms with Gasteiger partial charge in [-0.05, 0) is 19.1 Å². The average Bonchev–Trinajstić information content (AvgIpc) is 2.75. The fourth-order valence-electron chi connectivity index (χ4n) is 1.69. The van der Waals surface area contributed by atoms with E-state index >= 15 is 0 Å². The lowest BCUT2D eigenvalue weighted by atomic mass is 10.2. The molecule has 2 rings (SSSR count). The van der Waals surface area contributed by atoms with Crippen molar-refractivity contribution in [2.75, 3.05) is 19.7 Å². The Balaban J connectivity index is 2.07. The second-order valence-electron chi connectivity index (χ2n) is 3.86. The summed E-state index contributed by atoms with van der Waals surface area (Å²) in [5.41, 5.74) is 0. The topological polar surface area (TPSA) is 80.0 Å². The second kappa shape index (κ2) is 4.58. The second-order valence-corrected chi connectivity index (χ2v) is 3.86. The fourth-order valence-corrected chi connectivity index (χ4v) is 1.69. The number of carbonyl (C=O) groups excluding carboxylic acids is 1. The summed E-state index contributed by atoms with van der Waals surface area (Å²) in [5, 5.41) is 8.83. The molecule has 6 heteroatoms. The van der Waals surface area contributed by atoms with Gasteiger partial charge in [0.05, 0.1) is 13.2 Å². The Morgan fingerprint density at radius 1 is 1.47 bits per heavy atom. The number of aliphatic carboxylic acids is 1. The molecule has 1 aromatic rings. The van der Waals surface area contributed by atoms with Crippen molar-refractivity contribution in [2.24, 2.45) is 0 Å². The number of aryl methyl sites for hydroxylation is 1. The number of hydrogen-bond donors (Lipinski definition) is 1. The van der Waals surface area contributed by atoms with Crippen LogP contribution in [0.4, 0.5) is 0 Å². The van der Waals surface area contributed by atoms with Crippen LogP contribution in [0.3, 0.4) is 0 Å². The molecular weight excluding hydrogens is 226 g/mol. The van der Waals surface area contributed by atoms with Gasteiger partial charge < -0.3 is 19.2 Å². The van der Waals surface area contributed by atoms with Crippen molar-refractivity contribution in [3.63, 3.8) is 0 Å². The third kappa shape index (κ3) is 2.47. The first kappa shape index (κ1) is 11.7. The van der Waals surface area contributed by atoms with Crippen LogP contribution in [0.2, 0.25) is 0 Å². The summed E-state index contributed by atoms with van der Waals surface area (Å²) in [6, 6.07) is 3.28. The monoisotopic (exact) mass is 239 g/mol. The summed E-state index contributed by atoms with van der Waals surface area (Å²) in [5.74, 6) is -0.476. The Kier molecular flexibility index (Phi) is 3.14. The van der Waals surface area contributed by atoms with Crippen molar-refractivity contribution in [1.29, 1.82) is 0 Å². The number of carboxylic acid groups (broad SMARTS) is 1. The Bertz CT molecular complexity index is 439. The summed E-state index contributed by atoms with van der Waals surface area (Å²) < 4.78 is 10.3. The predicted molar refractivity (Wildman–Crippen MR) is 56.7 cm³/mol. The van der Waals surface area contributed by atoms with Gasteiger partial charge in [0, 0.05) is 6.54 Å². The Morgan fingerprint density at radius 3 is 2.82 bits per heavy atom. The molecule has 0 bridgehead atoms. The molecule has 1 aliphatic heterocycles. The number of rotatable bonds is 2. The molecule has 0 saturated carbocycles. The first-order chi connectivity index (χ1) is 8.08. The number of amides is 1. The zero-order valence-electron chi connectivity index (χ0n) is 9.38. The Hall–Kier alpha value is -1.82. The summed E-state index contributed by atoms with van der Waals surface area (Å²) in [6.07, 6.45) is -0.955. The maximum atomic E-state index is 12.0. The molecule has 1 N–H and O–H groups in total. The fraction of sp³-hybridized carbons (Fsp3) is 0.455. The number of furan rings is 1. The van der Waals surface area contributed by atoms with E-state index in [-0.39, 0.29) is 24.8 Å². The van der Waals surface area contributed by atoms with Crippen LogP contribution in [-0.2, 0) is 9.53 Å². The van der Waals surface area contributed by atoms with E-state index in [1.807, 2.05) is 0 Å². The molecule has 1 aliphatic rings. The van der Waals surface area contributed by atoms with Gasteiger partial charge in [-0.3, -0.25) is 4.79 Å². The lowest BCUT2D eigenvalue weighted by molar-refractivity contribution is -0.154. The maximum absolute atomic E-state index is 12.0. The first-order valence-corrected chi connectivity index (χ1v) is 5.28. The summed E-state index contributed by atoms with van der Waals surface area (Å²) >= 11 is 0. The minimum atomic E-state index is -1.06. The van der Waals surface area contributed by atoms with Crippen molar-refractivity contribution < 1.29 is 23.8 Å². The highest BCUT2D eigenvalue weighted by Gasteiger charge is 2.30. The summed E-state index contributed by atoms with van der Waals surface area (Å²) in [6.45, 7) is 2.40. The van der Waals surface area contributed by atoms with Gasteiger partial charge in [0.15, 0.2) is 11.9 Å². The lowest BCUT2D eigenvalue weighted by Gasteiger charge is -2.30. The van der Waals surface area contributed by atoms with E-state index in [4.69, 9.17) is 14.3 Å². The number of carboxylic acids is 1.